The molecule has 1 aromatic carbocycles. The second-order valence-electron chi connectivity index (χ2n) is 3.36. The van der Waals surface area contributed by atoms with Crippen LogP contribution in [-0.2, 0) is 9.59 Å². The number of amides is 2. The molecule has 0 radical (unpaired) electrons. The van der Waals surface area contributed by atoms with Gasteiger partial charge in [-0.2, -0.15) is 0 Å². The molecule has 1 aromatic rings. The van der Waals surface area contributed by atoms with Crippen molar-refractivity contribution in [1.82, 2.24) is 0 Å². The highest BCUT2D eigenvalue weighted by molar-refractivity contribution is 6.30. The quantitative estimate of drug-likeness (QED) is 0.868. The van der Waals surface area contributed by atoms with Gasteiger partial charge in [-0.05, 0) is 24.3 Å². The lowest BCUT2D eigenvalue weighted by atomic mass is 10.2. The Morgan fingerprint density at radius 3 is 2.31 bits per heavy atom. The molecule has 0 fully saturated rings. The van der Waals surface area contributed by atoms with Crippen molar-refractivity contribution in [2.24, 2.45) is 5.73 Å². The average molecular weight is 241 g/mol. The lowest BCUT2D eigenvalue weighted by molar-refractivity contribution is -0.118. The molecule has 0 aromatic heterocycles. The fourth-order valence-electron chi connectivity index (χ4n) is 1.31. The molecule has 2 N–H and O–H groups in total. The number of hydrogen-bond acceptors (Lipinski definition) is 2. The van der Waals surface area contributed by atoms with Crippen LogP contribution in [-0.4, -0.2) is 18.4 Å². The molecule has 0 aliphatic rings. The average Bonchev–Trinajstić information content (AvgIpc) is 2.20. The molecular weight excluding hydrogens is 228 g/mol. The molecule has 86 valence electrons. The van der Waals surface area contributed by atoms with Gasteiger partial charge in [0.25, 0.3) is 0 Å². The second kappa shape index (κ2) is 5.51. The number of primary amides is 1. The van der Waals surface area contributed by atoms with Crippen LogP contribution < -0.4 is 10.6 Å². The Morgan fingerprint density at radius 2 is 1.88 bits per heavy atom. The zero-order valence-electron chi connectivity index (χ0n) is 8.94. The molecule has 16 heavy (non-hydrogen) atoms. The van der Waals surface area contributed by atoms with E-state index in [1.54, 1.807) is 24.3 Å². The highest BCUT2D eigenvalue weighted by atomic mass is 35.5. The van der Waals surface area contributed by atoms with E-state index in [0.29, 0.717) is 10.7 Å². The van der Waals surface area contributed by atoms with Crippen LogP contribution in [0.2, 0.25) is 5.02 Å². The number of nitrogens with zero attached hydrogens (tertiary/aromatic N) is 1. The Hall–Kier alpha value is -1.55. The topological polar surface area (TPSA) is 63.4 Å². The molecule has 0 aliphatic heterocycles. The SMILES string of the molecule is CC(=O)N(CCC(N)=O)c1ccc(Cl)cc1. The largest absolute Gasteiger partial charge is 0.370 e. The van der Waals surface area contributed by atoms with Crippen molar-refractivity contribution in [3.05, 3.63) is 29.3 Å². The highest BCUT2D eigenvalue weighted by Gasteiger charge is 2.11. The highest BCUT2D eigenvalue weighted by Crippen LogP contribution is 2.18. The smallest absolute Gasteiger partial charge is 0.223 e. The molecule has 0 aliphatic carbocycles. The van der Waals surface area contributed by atoms with Crippen molar-refractivity contribution in [2.75, 3.05) is 11.4 Å². The first-order valence-corrected chi connectivity index (χ1v) is 5.20. The van der Waals surface area contributed by atoms with Gasteiger partial charge in [-0.15, -0.1) is 0 Å². The molecular formula is C11H13ClN2O2. The Balaban J connectivity index is 2.81. The van der Waals surface area contributed by atoms with Gasteiger partial charge < -0.3 is 10.6 Å². The van der Waals surface area contributed by atoms with Gasteiger partial charge in [-0.1, -0.05) is 11.6 Å². The summed E-state index contributed by atoms with van der Waals surface area (Å²) in [4.78, 5) is 23.5. The van der Waals surface area contributed by atoms with Gasteiger partial charge in [0.2, 0.25) is 11.8 Å². The molecule has 0 bridgehead atoms. The van der Waals surface area contributed by atoms with Crippen LogP contribution in [0.3, 0.4) is 0 Å². The van der Waals surface area contributed by atoms with Crippen LogP contribution in [0.1, 0.15) is 13.3 Å². The van der Waals surface area contributed by atoms with Crippen LogP contribution in [0.4, 0.5) is 5.69 Å². The Morgan fingerprint density at radius 1 is 1.31 bits per heavy atom. The van der Waals surface area contributed by atoms with Gasteiger partial charge in [0.05, 0.1) is 0 Å². The van der Waals surface area contributed by atoms with Gasteiger partial charge >= 0.3 is 0 Å². The number of halogens is 1. The van der Waals surface area contributed by atoms with Gasteiger partial charge in [-0.3, -0.25) is 9.59 Å². The third-order valence-corrected chi connectivity index (χ3v) is 2.35. The van der Waals surface area contributed by atoms with Crippen LogP contribution in [0, 0.1) is 0 Å². The fourth-order valence-corrected chi connectivity index (χ4v) is 1.44. The summed E-state index contributed by atoms with van der Waals surface area (Å²) in [5, 5.41) is 0.599. The zero-order valence-corrected chi connectivity index (χ0v) is 9.70. The first-order chi connectivity index (χ1) is 7.50. The predicted molar refractivity (Wildman–Crippen MR) is 63.3 cm³/mol. The summed E-state index contributed by atoms with van der Waals surface area (Å²) in [5.74, 6) is -0.566. The van der Waals surface area contributed by atoms with E-state index >= 15 is 0 Å². The first kappa shape index (κ1) is 12.5. The number of rotatable bonds is 4. The number of anilines is 1. The maximum atomic E-state index is 11.4. The van der Waals surface area contributed by atoms with Crippen LogP contribution in [0.15, 0.2) is 24.3 Å². The van der Waals surface area contributed by atoms with E-state index in [4.69, 9.17) is 17.3 Å². The zero-order chi connectivity index (χ0) is 12.1. The minimum absolute atomic E-state index is 0.136. The van der Waals surface area contributed by atoms with Gasteiger partial charge in [0, 0.05) is 30.6 Å². The molecule has 0 saturated heterocycles. The summed E-state index contributed by atoms with van der Waals surface area (Å²) in [7, 11) is 0. The summed E-state index contributed by atoms with van der Waals surface area (Å²) in [6.07, 6.45) is 0.141. The van der Waals surface area contributed by atoms with E-state index in [0.717, 1.165) is 0 Å². The summed E-state index contributed by atoms with van der Waals surface area (Å²) < 4.78 is 0. The Kier molecular flexibility index (Phi) is 4.31. The fraction of sp³-hybridized carbons (Fsp3) is 0.273. The summed E-state index contributed by atoms with van der Waals surface area (Å²) >= 11 is 5.75. The molecule has 4 nitrogen and oxygen atoms in total. The molecule has 0 heterocycles. The standard InChI is InChI=1S/C11H13ClN2O2/c1-8(15)14(7-6-11(13)16)10-4-2-9(12)3-5-10/h2-5H,6-7H2,1H3,(H2,13,16). The van der Waals surface area contributed by atoms with Gasteiger partial charge in [0.1, 0.15) is 0 Å². The van der Waals surface area contributed by atoms with E-state index in [2.05, 4.69) is 0 Å². The van der Waals surface area contributed by atoms with Crippen molar-refractivity contribution in [3.63, 3.8) is 0 Å². The predicted octanol–water partition coefficient (Wildman–Crippen LogP) is 1.57. The van der Waals surface area contributed by atoms with Crippen molar-refractivity contribution in [3.8, 4) is 0 Å². The third-order valence-electron chi connectivity index (χ3n) is 2.10. The summed E-state index contributed by atoms with van der Waals surface area (Å²) in [5.41, 5.74) is 5.75. The Labute approximate surface area is 99.0 Å². The molecule has 2 amide bonds. The number of carbonyl (C=O) groups is 2. The summed E-state index contributed by atoms with van der Waals surface area (Å²) in [6, 6.07) is 6.84. The van der Waals surface area contributed by atoms with E-state index in [-0.39, 0.29) is 18.9 Å². The second-order valence-corrected chi connectivity index (χ2v) is 3.80. The Bertz CT molecular complexity index is 389. The molecule has 0 atom stereocenters. The number of carbonyl (C=O) groups excluding carboxylic acids is 2. The molecule has 0 saturated carbocycles. The monoisotopic (exact) mass is 240 g/mol. The molecule has 1 rings (SSSR count). The van der Waals surface area contributed by atoms with E-state index in [9.17, 15) is 9.59 Å². The number of benzene rings is 1. The number of nitrogens with two attached hydrogens (primary N) is 1. The van der Waals surface area contributed by atoms with E-state index < -0.39 is 5.91 Å². The van der Waals surface area contributed by atoms with E-state index in [1.807, 2.05) is 0 Å². The maximum absolute atomic E-state index is 11.4. The lowest BCUT2D eigenvalue weighted by Gasteiger charge is -2.20. The van der Waals surface area contributed by atoms with Gasteiger partial charge in [-0.25, -0.2) is 0 Å². The minimum atomic E-state index is -0.430. The minimum Gasteiger partial charge on any atom is -0.370 e. The van der Waals surface area contributed by atoms with Crippen LogP contribution >= 0.6 is 11.6 Å². The van der Waals surface area contributed by atoms with Crippen molar-refractivity contribution in [1.29, 1.82) is 0 Å². The molecule has 0 spiro atoms. The third kappa shape index (κ3) is 3.55. The molecule has 5 heteroatoms. The van der Waals surface area contributed by atoms with Crippen LogP contribution in [0.5, 0.6) is 0 Å². The van der Waals surface area contributed by atoms with Crippen LogP contribution in [0.25, 0.3) is 0 Å². The van der Waals surface area contributed by atoms with Gasteiger partial charge in [0.15, 0.2) is 0 Å². The summed E-state index contributed by atoms with van der Waals surface area (Å²) in [6.45, 7) is 1.72. The van der Waals surface area contributed by atoms with Crippen molar-refractivity contribution < 1.29 is 9.59 Å². The maximum Gasteiger partial charge on any atom is 0.223 e. The lowest BCUT2D eigenvalue weighted by Crippen LogP contribution is -2.32. The van der Waals surface area contributed by atoms with Crippen molar-refractivity contribution in [2.45, 2.75) is 13.3 Å². The normalized spacial score (nSPS) is 9.88. The molecule has 0 unspecified atom stereocenters. The van der Waals surface area contributed by atoms with E-state index in [1.165, 1.54) is 11.8 Å². The van der Waals surface area contributed by atoms with Crippen molar-refractivity contribution >= 4 is 29.1 Å². The number of hydrogen-bond donors (Lipinski definition) is 1. The first-order valence-electron chi connectivity index (χ1n) is 4.82.